The van der Waals surface area contributed by atoms with E-state index >= 15 is 0 Å². The Labute approximate surface area is 244 Å². The molecule has 2 heterocycles. The lowest BCUT2D eigenvalue weighted by Crippen LogP contribution is -2.50. The van der Waals surface area contributed by atoms with Crippen LogP contribution in [0, 0.1) is 0 Å². The highest BCUT2D eigenvalue weighted by Gasteiger charge is 2.43. The monoisotopic (exact) mass is 553 g/mol. The van der Waals surface area contributed by atoms with Crippen molar-refractivity contribution >= 4 is 5.91 Å². The molecule has 216 valence electrons. The Kier molecular flexibility index (Phi) is 8.05. The summed E-state index contributed by atoms with van der Waals surface area (Å²) in [4.78, 5) is 18.8. The maximum Gasteiger partial charge on any atom is 0.240 e. The third-order valence-electron chi connectivity index (χ3n) is 9.39. The number of nitrogens with zero attached hydrogens (tertiary/aromatic N) is 2. The van der Waals surface area contributed by atoms with Gasteiger partial charge in [0, 0.05) is 38.3 Å². The maximum absolute atomic E-state index is 14.2. The lowest BCUT2D eigenvalue weighted by molar-refractivity contribution is -0.137. The molecule has 1 amide bonds. The van der Waals surface area contributed by atoms with Gasteiger partial charge in [0.2, 0.25) is 5.91 Å². The summed E-state index contributed by atoms with van der Waals surface area (Å²) >= 11 is 0. The second-order valence-corrected chi connectivity index (χ2v) is 12.2. The van der Waals surface area contributed by atoms with Crippen LogP contribution in [0.2, 0.25) is 0 Å². The van der Waals surface area contributed by atoms with E-state index in [4.69, 9.17) is 9.47 Å². The van der Waals surface area contributed by atoms with Crippen LogP contribution in [0.25, 0.3) is 0 Å². The molecule has 0 aromatic heterocycles. The SMILES string of the molecule is COc1cc2c(cc1OC)CN(C(=O)[C@@H]1C[C@H](NCc3ccc(C(C)C)cc3)CN1C1Cc3ccccc3C1)CC2. The number of hydrogen-bond acceptors (Lipinski definition) is 5. The van der Waals surface area contributed by atoms with Gasteiger partial charge in [-0.1, -0.05) is 62.4 Å². The molecular formula is C35H43N3O3. The van der Waals surface area contributed by atoms with Gasteiger partial charge in [0.1, 0.15) is 0 Å². The molecular weight excluding hydrogens is 510 g/mol. The third kappa shape index (κ3) is 5.73. The largest absolute Gasteiger partial charge is 0.493 e. The molecule has 3 aliphatic rings. The summed E-state index contributed by atoms with van der Waals surface area (Å²) < 4.78 is 11.1. The van der Waals surface area contributed by atoms with Gasteiger partial charge in [-0.3, -0.25) is 9.69 Å². The predicted octanol–water partition coefficient (Wildman–Crippen LogP) is 5.11. The van der Waals surface area contributed by atoms with Crippen LogP contribution < -0.4 is 14.8 Å². The Bertz CT molecular complexity index is 1360. The first-order valence-corrected chi connectivity index (χ1v) is 15.1. The van der Waals surface area contributed by atoms with Crippen molar-refractivity contribution in [2.45, 2.75) is 76.7 Å². The molecule has 0 bridgehead atoms. The van der Waals surface area contributed by atoms with E-state index in [0.29, 0.717) is 18.5 Å². The second-order valence-electron chi connectivity index (χ2n) is 12.2. The average molecular weight is 554 g/mol. The summed E-state index contributed by atoms with van der Waals surface area (Å²) in [6.07, 6.45) is 3.70. The molecule has 6 heteroatoms. The first kappa shape index (κ1) is 27.8. The Morgan fingerprint density at radius 2 is 1.59 bits per heavy atom. The Morgan fingerprint density at radius 3 is 2.22 bits per heavy atom. The summed E-state index contributed by atoms with van der Waals surface area (Å²) in [6.45, 7) is 7.52. The predicted molar refractivity (Wildman–Crippen MR) is 163 cm³/mol. The number of rotatable bonds is 8. The van der Waals surface area contributed by atoms with Crippen LogP contribution in [0.15, 0.2) is 60.7 Å². The summed E-state index contributed by atoms with van der Waals surface area (Å²) in [5.74, 6) is 2.26. The smallest absolute Gasteiger partial charge is 0.240 e. The maximum atomic E-state index is 14.2. The zero-order chi connectivity index (χ0) is 28.5. The number of likely N-dealkylation sites (tertiary alicyclic amines) is 1. The number of carbonyl (C=O) groups excluding carboxylic acids is 1. The molecule has 2 aliphatic heterocycles. The molecule has 6 nitrogen and oxygen atoms in total. The third-order valence-corrected chi connectivity index (χ3v) is 9.39. The summed E-state index contributed by atoms with van der Waals surface area (Å²) in [6, 6.07) is 22.4. The molecule has 2 atom stereocenters. The molecule has 6 rings (SSSR count). The molecule has 0 unspecified atom stereocenters. The molecule has 3 aromatic rings. The van der Waals surface area contributed by atoms with E-state index in [-0.39, 0.29) is 18.0 Å². The van der Waals surface area contributed by atoms with Gasteiger partial charge in [-0.05, 0) is 77.1 Å². The number of ether oxygens (including phenoxy) is 2. The number of amides is 1. The van der Waals surface area contributed by atoms with Crippen molar-refractivity contribution in [1.29, 1.82) is 0 Å². The minimum absolute atomic E-state index is 0.114. The van der Waals surface area contributed by atoms with Gasteiger partial charge in [0.25, 0.3) is 0 Å². The Balaban J connectivity index is 1.19. The van der Waals surface area contributed by atoms with E-state index in [1.807, 2.05) is 6.07 Å². The quantitative estimate of drug-likeness (QED) is 0.420. The molecule has 1 aliphatic carbocycles. The van der Waals surface area contributed by atoms with Crippen LogP contribution in [0.5, 0.6) is 11.5 Å². The molecule has 3 aromatic carbocycles. The number of benzene rings is 3. The molecule has 41 heavy (non-hydrogen) atoms. The van der Waals surface area contributed by atoms with Crippen molar-refractivity contribution in [1.82, 2.24) is 15.1 Å². The number of fused-ring (bicyclic) bond motifs is 2. The molecule has 0 spiro atoms. The van der Waals surface area contributed by atoms with Crippen LogP contribution in [0.1, 0.15) is 59.6 Å². The lowest BCUT2D eigenvalue weighted by Gasteiger charge is -2.36. The number of carbonyl (C=O) groups is 1. The van der Waals surface area contributed by atoms with Crippen LogP contribution in [-0.2, 0) is 37.1 Å². The van der Waals surface area contributed by atoms with Gasteiger partial charge in [0.05, 0.1) is 20.3 Å². The van der Waals surface area contributed by atoms with Gasteiger partial charge in [-0.25, -0.2) is 0 Å². The van der Waals surface area contributed by atoms with Crippen LogP contribution in [0.4, 0.5) is 0 Å². The fourth-order valence-corrected chi connectivity index (χ4v) is 6.99. The van der Waals surface area contributed by atoms with Crippen molar-refractivity contribution in [3.05, 3.63) is 94.0 Å². The molecule has 1 saturated heterocycles. The van der Waals surface area contributed by atoms with E-state index in [0.717, 1.165) is 62.4 Å². The summed E-state index contributed by atoms with van der Waals surface area (Å²) in [5, 5.41) is 3.81. The highest BCUT2D eigenvalue weighted by molar-refractivity contribution is 5.83. The zero-order valence-electron chi connectivity index (χ0n) is 24.9. The van der Waals surface area contributed by atoms with E-state index in [9.17, 15) is 4.79 Å². The van der Waals surface area contributed by atoms with Crippen LogP contribution >= 0.6 is 0 Å². The van der Waals surface area contributed by atoms with Crippen molar-refractivity contribution in [3.63, 3.8) is 0 Å². The van der Waals surface area contributed by atoms with Crippen molar-refractivity contribution < 1.29 is 14.3 Å². The van der Waals surface area contributed by atoms with Gasteiger partial charge in [-0.2, -0.15) is 0 Å². The number of nitrogens with one attached hydrogen (secondary N) is 1. The highest BCUT2D eigenvalue weighted by atomic mass is 16.5. The van der Waals surface area contributed by atoms with Crippen molar-refractivity contribution in [3.8, 4) is 11.5 Å². The van der Waals surface area contributed by atoms with Crippen molar-refractivity contribution in [2.24, 2.45) is 0 Å². The second kappa shape index (κ2) is 11.9. The fraction of sp³-hybridized carbons (Fsp3) is 0.457. The van der Waals surface area contributed by atoms with Gasteiger partial charge in [-0.15, -0.1) is 0 Å². The van der Waals surface area contributed by atoms with E-state index in [2.05, 4.69) is 83.6 Å². The van der Waals surface area contributed by atoms with E-state index < -0.39 is 0 Å². The highest BCUT2D eigenvalue weighted by Crippen LogP contribution is 2.35. The zero-order valence-corrected chi connectivity index (χ0v) is 24.9. The number of hydrogen-bond donors (Lipinski definition) is 1. The van der Waals surface area contributed by atoms with E-state index in [1.54, 1.807) is 14.2 Å². The van der Waals surface area contributed by atoms with Gasteiger partial charge in [0.15, 0.2) is 11.5 Å². The standard InChI is InChI=1S/C35H43N3O3/c1-23(2)25-11-9-24(10-12-25)20-36-30-19-32(38(22-30)31-15-26-7-5-6-8-27(26)16-31)35(39)37-14-13-28-17-33(40-3)34(41-4)18-29(28)21-37/h5-12,17-18,23,30-32,36H,13-16,19-22H2,1-4H3/t30-,32-/m0/s1. The topological polar surface area (TPSA) is 54.0 Å². The first-order valence-electron chi connectivity index (χ1n) is 15.1. The number of methoxy groups -OCH3 is 2. The van der Waals surface area contributed by atoms with Gasteiger partial charge < -0.3 is 19.7 Å². The molecule has 0 radical (unpaired) electrons. The van der Waals surface area contributed by atoms with E-state index in [1.165, 1.54) is 27.8 Å². The molecule has 1 fully saturated rings. The lowest BCUT2D eigenvalue weighted by atomic mass is 9.97. The van der Waals surface area contributed by atoms with Crippen LogP contribution in [0.3, 0.4) is 0 Å². The molecule has 0 saturated carbocycles. The normalized spacial score (nSPS) is 20.8. The Hall–Kier alpha value is -3.35. The minimum Gasteiger partial charge on any atom is -0.493 e. The van der Waals surface area contributed by atoms with Crippen LogP contribution in [-0.4, -0.2) is 61.1 Å². The summed E-state index contributed by atoms with van der Waals surface area (Å²) in [7, 11) is 3.34. The summed E-state index contributed by atoms with van der Waals surface area (Å²) in [5.41, 5.74) is 7.91. The minimum atomic E-state index is -0.114. The molecule has 1 N–H and O–H groups in total. The Morgan fingerprint density at radius 1 is 0.927 bits per heavy atom. The first-order chi connectivity index (χ1) is 19.9. The fourth-order valence-electron chi connectivity index (χ4n) is 6.99. The van der Waals surface area contributed by atoms with Crippen molar-refractivity contribution in [2.75, 3.05) is 27.3 Å². The average Bonchev–Trinajstić information content (AvgIpc) is 3.63. The van der Waals surface area contributed by atoms with Gasteiger partial charge >= 0.3 is 0 Å².